The first kappa shape index (κ1) is 14.5. The highest BCUT2D eigenvalue weighted by Crippen LogP contribution is 2.24. The van der Waals surface area contributed by atoms with E-state index in [0.29, 0.717) is 0 Å². The average molecular weight is 321 g/mol. The zero-order chi connectivity index (χ0) is 15.6. The first-order chi connectivity index (χ1) is 11.3. The van der Waals surface area contributed by atoms with Crippen molar-refractivity contribution in [2.75, 3.05) is 6.54 Å². The first-order valence-corrected chi connectivity index (χ1v) is 8.83. The van der Waals surface area contributed by atoms with Crippen molar-refractivity contribution in [2.24, 2.45) is 0 Å². The highest BCUT2D eigenvalue weighted by Gasteiger charge is 2.19. The van der Waals surface area contributed by atoms with E-state index in [9.17, 15) is 0 Å². The Labute approximate surface area is 140 Å². The maximum Gasteiger partial charge on any atom is 0.159 e. The van der Waals surface area contributed by atoms with Gasteiger partial charge in [0, 0.05) is 48.3 Å². The third kappa shape index (κ3) is 3.05. The van der Waals surface area contributed by atoms with E-state index in [1.54, 1.807) is 0 Å². The van der Waals surface area contributed by atoms with Crippen LogP contribution >= 0.6 is 11.3 Å². The van der Waals surface area contributed by atoms with Gasteiger partial charge in [0.05, 0.1) is 5.69 Å². The zero-order valence-corrected chi connectivity index (χ0v) is 14.0. The molecule has 4 rings (SSSR count). The molecule has 1 aliphatic rings. The van der Waals surface area contributed by atoms with Crippen LogP contribution < -0.4 is 0 Å². The van der Waals surface area contributed by atoms with Gasteiger partial charge in [-0.15, -0.1) is 11.3 Å². The Morgan fingerprint density at radius 2 is 2.04 bits per heavy atom. The minimum absolute atomic E-state index is 0.840. The lowest BCUT2D eigenvalue weighted by molar-refractivity contribution is 0.244. The van der Waals surface area contributed by atoms with E-state index in [1.165, 1.54) is 21.7 Å². The van der Waals surface area contributed by atoms with Gasteiger partial charge in [0.25, 0.3) is 0 Å². The summed E-state index contributed by atoms with van der Waals surface area (Å²) in [6.07, 6.45) is 3.01. The minimum atomic E-state index is 0.840. The molecule has 0 radical (unpaired) electrons. The van der Waals surface area contributed by atoms with Crippen LogP contribution in [0.2, 0.25) is 0 Å². The van der Waals surface area contributed by atoms with Crippen molar-refractivity contribution >= 4 is 11.3 Å². The molecule has 2 aromatic heterocycles. The van der Waals surface area contributed by atoms with E-state index < -0.39 is 0 Å². The van der Waals surface area contributed by atoms with Crippen molar-refractivity contribution < 1.29 is 0 Å². The van der Waals surface area contributed by atoms with Gasteiger partial charge in [-0.3, -0.25) is 4.90 Å². The summed E-state index contributed by atoms with van der Waals surface area (Å²) < 4.78 is 0. The third-order valence-corrected chi connectivity index (χ3v) is 5.39. The van der Waals surface area contributed by atoms with Gasteiger partial charge in [-0.05, 0) is 23.9 Å². The molecule has 116 valence electrons. The van der Waals surface area contributed by atoms with E-state index in [-0.39, 0.29) is 0 Å². The summed E-state index contributed by atoms with van der Waals surface area (Å²) in [6, 6.07) is 12.4. The second-order valence-electron chi connectivity index (χ2n) is 6.02. The number of hydrogen-bond donors (Lipinski definition) is 0. The number of nitrogens with zero attached hydrogens (tertiary/aromatic N) is 3. The number of aryl methyl sites for hydroxylation is 1. The van der Waals surface area contributed by atoms with Gasteiger partial charge in [-0.2, -0.15) is 0 Å². The molecule has 0 saturated carbocycles. The Hall–Kier alpha value is -2.04. The van der Waals surface area contributed by atoms with Crippen LogP contribution in [0.5, 0.6) is 0 Å². The number of rotatable bonds is 3. The molecule has 0 fully saturated rings. The fourth-order valence-electron chi connectivity index (χ4n) is 3.01. The molecule has 1 aromatic carbocycles. The SMILES string of the molecule is Cc1ccsc1CN1CCc2nc(-c3ccccc3)ncc2C1. The highest BCUT2D eigenvalue weighted by molar-refractivity contribution is 7.10. The van der Waals surface area contributed by atoms with Crippen LogP contribution in [0.4, 0.5) is 0 Å². The second kappa shape index (κ2) is 6.22. The van der Waals surface area contributed by atoms with Crippen molar-refractivity contribution in [1.29, 1.82) is 0 Å². The molecule has 3 heterocycles. The topological polar surface area (TPSA) is 29.0 Å². The van der Waals surface area contributed by atoms with Crippen molar-refractivity contribution in [1.82, 2.24) is 14.9 Å². The molecular weight excluding hydrogens is 302 g/mol. The Kier molecular flexibility index (Phi) is 3.93. The van der Waals surface area contributed by atoms with Crippen LogP contribution in [0.1, 0.15) is 21.7 Å². The number of benzene rings is 1. The minimum Gasteiger partial charge on any atom is -0.293 e. The lowest BCUT2D eigenvalue weighted by atomic mass is 10.1. The molecule has 1 aliphatic heterocycles. The molecule has 0 unspecified atom stereocenters. The van der Waals surface area contributed by atoms with Gasteiger partial charge in [-0.1, -0.05) is 30.3 Å². The summed E-state index contributed by atoms with van der Waals surface area (Å²) in [4.78, 5) is 13.3. The number of aromatic nitrogens is 2. The highest BCUT2D eigenvalue weighted by atomic mass is 32.1. The van der Waals surface area contributed by atoms with E-state index in [1.807, 2.05) is 35.7 Å². The molecule has 23 heavy (non-hydrogen) atoms. The summed E-state index contributed by atoms with van der Waals surface area (Å²) in [5, 5.41) is 2.18. The van der Waals surface area contributed by atoms with Crippen LogP contribution in [-0.4, -0.2) is 21.4 Å². The summed E-state index contributed by atoms with van der Waals surface area (Å²) in [6.45, 7) is 5.24. The molecule has 3 aromatic rings. The van der Waals surface area contributed by atoms with Crippen LogP contribution in [-0.2, 0) is 19.5 Å². The van der Waals surface area contributed by atoms with Gasteiger partial charge in [0.1, 0.15) is 0 Å². The second-order valence-corrected chi connectivity index (χ2v) is 7.02. The molecular formula is C19H19N3S. The number of hydrogen-bond acceptors (Lipinski definition) is 4. The summed E-state index contributed by atoms with van der Waals surface area (Å²) in [5.41, 5.74) is 4.96. The lowest BCUT2D eigenvalue weighted by Crippen LogP contribution is -2.30. The Balaban J connectivity index is 1.53. The monoisotopic (exact) mass is 321 g/mol. The fourth-order valence-corrected chi connectivity index (χ4v) is 3.95. The molecule has 0 aliphatic carbocycles. The van der Waals surface area contributed by atoms with Crippen molar-refractivity contribution in [3.63, 3.8) is 0 Å². The van der Waals surface area contributed by atoms with Gasteiger partial charge < -0.3 is 0 Å². The number of thiophene rings is 1. The first-order valence-electron chi connectivity index (χ1n) is 7.95. The van der Waals surface area contributed by atoms with E-state index in [4.69, 9.17) is 4.98 Å². The average Bonchev–Trinajstić information content (AvgIpc) is 3.00. The maximum atomic E-state index is 4.80. The van der Waals surface area contributed by atoms with Crippen LogP contribution in [0.3, 0.4) is 0 Å². The van der Waals surface area contributed by atoms with Gasteiger partial charge in [-0.25, -0.2) is 9.97 Å². The standard InChI is InChI=1S/C19H19N3S/c1-14-8-10-23-18(14)13-22-9-7-17-16(12-22)11-20-19(21-17)15-5-3-2-4-6-15/h2-6,8,10-11H,7,9,12-13H2,1H3. The maximum absolute atomic E-state index is 4.80. The van der Waals surface area contributed by atoms with Gasteiger partial charge >= 0.3 is 0 Å². The van der Waals surface area contributed by atoms with E-state index in [0.717, 1.165) is 37.4 Å². The van der Waals surface area contributed by atoms with Gasteiger partial charge in [0.2, 0.25) is 0 Å². The Bertz CT molecular complexity index is 810. The predicted octanol–water partition coefficient (Wildman–Crippen LogP) is 4.07. The fraction of sp³-hybridized carbons (Fsp3) is 0.263. The van der Waals surface area contributed by atoms with Crippen molar-refractivity contribution in [2.45, 2.75) is 26.4 Å². The van der Waals surface area contributed by atoms with Crippen LogP contribution in [0.15, 0.2) is 48.0 Å². The molecule has 0 N–H and O–H groups in total. The molecule has 3 nitrogen and oxygen atoms in total. The third-order valence-electron chi connectivity index (χ3n) is 4.38. The molecule has 0 atom stereocenters. The van der Waals surface area contributed by atoms with Crippen LogP contribution in [0, 0.1) is 6.92 Å². The summed E-state index contributed by atoms with van der Waals surface area (Å²) in [5.74, 6) is 0.840. The van der Waals surface area contributed by atoms with Crippen LogP contribution in [0.25, 0.3) is 11.4 Å². The molecule has 0 amide bonds. The zero-order valence-electron chi connectivity index (χ0n) is 13.2. The van der Waals surface area contributed by atoms with E-state index in [2.05, 4.69) is 40.4 Å². The normalized spacial score (nSPS) is 14.7. The summed E-state index contributed by atoms with van der Waals surface area (Å²) in [7, 11) is 0. The Morgan fingerprint density at radius 1 is 1.17 bits per heavy atom. The van der Waals surface area contributed by atoms with Gasteiger partial charge in [0.15, 0.2) is 5.82 Å². The van der Waals surface area contributed by atoms with E-state index >= 15 is 0 Å². The molecule has 4 heteroatoms. The molecule has 0 saturated heterocycles. The smallest absolute Gasteiger partial charge is 0.159 e. The van der Waals surface area contributed by atoms with Crippen molar-refractivity contribution in [3.8, 4) is 11.4 Å². The predicted molar refractivity (Wildman–Crippen MR) is 94.3 cm³/mol. The Morgan fingerprint density at radius 3 is 2.83 bits per heavy atom. The molecule has 0 bridgehead atoms. The van der Waals surface area contributed by atoms with Crippen molar-refractivity contribution in [3.05, 3.63) is 69.7 Å². The molecule has 0 spiro atoms. The summed E-state index contributed by atoms with van der Waals surface area (Å²) >= 11 is 1.85. The quantitative estimate of drug-likeness (QED) is 0.728. The largest absolute Gasteiger partial charge is 0.293 e. The number of fused-ring (bicyclic) bond motifs is 1. The lowest BCUT2D eigenvalue weighted by Gasteiger charge is -2.27.